The highest BCUT2D eigenvalue weighted by Gasteiger charge is 2.32. The lowest BCUT2D eigenvalue weighted by Gasteiger charge is -2.23. The van der Waals surface area contributed by atoms with Crippen LogP contribution < -0.4 is 10.1 Å². The van der Waals surface area contributed by atoms with Gasteiger partial charge in [-0.05, 0) is 48.7 Å². The maximum absolute atomic E-state index is 13.2. The number of ether oxygens (including phenoxy) is 1. The molecule has 26 heavy (non-hydrogen) atoms. The molecule has 1 aliphatic rings. The molecule has 0 aromatic heterocycles. The first-order chi connectivity index (χ1) is 12.6. The van der Waals surface area contributed by atoms with Gasteiger partial charge in [-0.3, -0.25) is 9.59 Å². The van der Waals surface area contributed by atoms with Gasteiger partial charge in [0.05, 0.1) is 13.7 Å². The van der Waals surface area contributed by atoms with Gasteiger partial charge in [0.2, 0.25) is 5.91 Å². The van der Waals surface area contributed by atoms with Crippen molar-refractivity contribution in [2.75, 3.05) is 13.7 Å². The maximum atomic E-state index is 13.2. The Labute approximate surface area is 151 Å². The Morgan fingerprint density at radius 3 is 2.54 bits per heavy atom. The largest absolute Gasteiger partial charge is 0.497 e. The fourth-order valence-corrected chi connectivity index (χ4v) is 2.72. The summed E-state index contributed by atoms with van der Waals surface area (Å²) in [6.45, 7) is 0.380. The minimum Gasteiger partial charge on any atom is -0.497 e. The van der Waals surface area contributed by atoms with Crippen LogP contribution in [0.5, 0.6) is 5.75 Å². The van der Waals surface area contributed by atoms with E-state index in [1.165, 1.54) is 18.2 Å². The third kappa shape index (κ3) is 4.59. The number of benzene rings is 2. The summed E-state index contributed by atoms with van der Waals surface area (Å²) >= 11 is 0. The molecule has 5 nitrogen and oxygen atoms in total. The first-order valence-electron chi connectivity index (χ1n) is 8.53. The van der Waals surface area contributed by atoms with Crippen LogP contribution in [0.1, 0.15) is 28.8 Å². The molecule has 0 saturated heterocycles. The number of hydrogen-bond acceptors (Lipinski definition) is 3. The van der Waals surface area contributed by atoms with Gasteiger partial charge in [0.25, 0.3) is 5.91 Å². The molecule has 2 aromatic rings. The molecule has 1 fully saturated rings. The van der Waals surface area contributed by atoms with Crippen molar-refractivity contribution in [3.63, 3.8) is 0 Å². The number of rotatable bonds is 7. The topological polar surface area (TPSA) is 58.6 Å². The molecule has 0 bridgehead atoms. The summed E-state index contributed by atoms with van der Waals surface area (Å²) in [5.74, 6) is -0.324. The zero-order chi connectivity index (χ0) is 18.5. The summed E-state index contributed by atoms with van der Waals surface area (Å²) in [5, 5.41) is 2.58. The quantitative estimate of drug-likeness (QED) is 0.830. The molecule has 0 spiro atoms. The van der Waals surface area contributed by atoms with Crippen LogP contribution in [-0.4, -0.2) is 36.4 Å². The molecule has 136 valence electrons. The SMILES string of the molecule is COc1ccc(CN(C(=O)CNC(=O)c2cccc(F)c2)C2CC2)cc1. The minimum atomic E-state index is -0.483. The Bertz CT molecular complexity index is 788. The Balaban J connectivity index is 1.59. The number of amides is 2. The average Bonchev–Trinajstić information content (AvgIpc) is 3.49. The highest BCUT2D eigenvalue weighted by atomic mass is 19.1. The van der Waals surface area contributed by atoms with Crippen LogP contribution in [-0.2, 0) is 11.3 Å². The lowest BCUT2D eigenvalue weighted by atomic mass is 10.2. The number of nitrogens with zero attached hydrogens (tertiary/aromatic N) is 1. The molecule has 1 N–H and O–H groups in total. The fourth-order valence-electron chi connectivity index (χ4n) is 2.72. The number of carbonyl (C=O) groups is 2. The molecule has 6 heteroatoms. The van der Waals surface area contributed by atoms with Crippen LogP contribution in [0.25, 0.3) is 0 Å². The number of methoxy groups -OCH3 is 1. The molecule has 0 radical (unpaired) electrons. The van der Waals surface area contributed by atoms with Gasteiger partial charge in [-0.25, -0.2) is 4.39 Å². The maximum Gasteiger partial charge on any atom is 0.251 e. The normalized spacial score (nSPS) is 13.2. The summed E-state index contributed by atoms with van der Waals surface area (Å²) in [6.07, 6.45) is 1.94. The average molecular weight is 356 g/mol. The Morgan fingerprint density at radius 2 is 1.92 bits per heavy atom. The van der Waals surface area contributed by atoms with Crippen LogP contribution in [0, 0.1) is 5.82 Å². The molecule has 2 amide bonds. The molecule has 1 saturated carbocycles. The first-order valence-corrected chi connectivity index (χ1v) is 8.53. The van der Waals surface area contributed by atoms with Crippen LogP contribution in [0.15, 0.2) is 48.5 Å². The summed E-state index contributed by atoms with van der Waals surface area (Å²) in [6, 6.07) is 13.2. The Morgan fingerprint density at radius 1 is 1.19 bits per heavy atom. The zero-order valence-electron chi connectivity index (χ0n) is 14.6. The summed E-state index contributed by atoms with van der Waals surface area (Å²) in [4.78, 5) is 26.4. The molecule has 0 unspecified atom stereocenters. The first kappa shape index (κ1) is 17.9. The highest BCUT2D eigenvalue weighted by molar-refractivity contribution is 5.96. The Hall–Kier alpha value is -2.89. The lowest BCUT2D eigenvalue weighted by molar-refractivity contribution is -0.131. The Kier molecular flexibility index (Phi) is 5.51. The van der Waals surface area contributed by atoms with E-state index >= 15 is 0 Å². The molecule has 0 atom stereocenters. The molecular formula is C20H21FN2O3. The highest BCUT2D eigenvalue weighted by Crippen LogP contribution is 2.28. The van der Waals surface area contributed by atoms with Crippen LogP contribution >= 0.6 is 0 Å². The zero-order valence-corrected chi connectivity index (χ0v) is 14.6. The molecule has 0 aliphatic heterocycles. The van der Waals surface area contributed by atoms with Crippen molar-refractivity contribution in [2.24, 2.45) is 0 Å². The van der Waals surface area contributed by atoms with Gasteiger partial charge in [0, 0.05) is 18.2 Å². The van der Waals surface area contributed by atoms with Gasteiger partial charge in [0.15, 0.2) is 0 Å². The van der Waals surface area contributed by atoms with Crippen molar-refractivity contribution in [3.8, 4) is 5.75 Å². The van der Waals surface area contributed by atoms with E-state index in [0.29, 0.717) is 6.54 Å². The second-order valence-corrected chi connectivity index (χ2v) is 6.29. The molecule has 3 rings (SSSR count). The summed E-state index contributed by atoms with van der Waals surface area (Å²) < 4.78 is 18.3. The van der Waals surface area contributed by atoms with Crippen LogP contribution in [0.3, 0.4) is 0 Å². The predicted octanol–water partition coefficient (Wildman–Crippen LogP) is 2.76. The second kappa shape index (κ2) is 7.99. The number of nitrogens with one attached hydrogen (secondary N) is 1. The number of halogens is 1. The van der Waals surface area contributed by atoms with Gasteiger partial charge in [-0.15, -0.1) is 0 Å². The molecule has 0 heterocycles. The van der Waals surface area contributed by atoms with Crippen molar-refractivity contribution in [1.82, 2.24) is 10.2 Å². The van der Waals surface area contributed by atoms with Crippen LogP contribution in [0.4, 0.5) is 4.39 Å². The minimum absolute atomic E-state index is 0.109. The van der Waals surface area contributed by atoms with Gasteiger partial charge >= 0.3 is 0 Å². The van der Waals surface area contributed by atoms with Crippen molar-refractivity contribution in [3.05, 3.63) is 65.5 Å². The van der Waals surface area contributed by atoms with Gasteiger partial charge in [-0.1, -0.05) is 18.2 Å². The van der Waals surface area contributed by atoms with Crippen molar-refractivity contribution in [1.29, 1.82) is 0 Å². The van der Waals surface area contributed by atoms with E-state index in [1.807, 2.05) is 24.3 Å². The molecule has 2 aromatic carbocycles. The second-order valence-electron chi connectivity index (χ2n) is 6.29. The lowest BCUT2D eigenvalue weighted by Crippen LogP contribution is -2.41. The van der Waals surface area contributed by atoms with Crippen molar-refractivity contribution < 1.29 is 18.7 Å². The third-order valence-corrected chi connectivity index (χ3v) is 4.31. The monoisotopic (exact) mass is 356 g/mol. The van der Waals surface area contributed by atoms with E-state index in [-0.39, 0.29) is 24.1 Å². The molecular weight excluding hydrogens is 335 g/mol. The van der Waals surface area contributed by atoms with E-state index in [9.17, 15) is 14.0 Å². The number of hydrogen-bond donors (Lipinski definition) is 1. The van der Waals surface area contributed by atoms with E-state index in [2.05, 4.69) is 5.32 Å². The van der Waals surface area contributed by atoms with Crippen molar-refractivity contribution in [2.45, 2.75) is 25.4 Å². The summed E-state index contributed by atoms with van der Waals surface area (Å²) in [5.41, 5.74) is 1.20. The van der Waals surface area contributed by atoms with E-state index in [4.69, 9.17) is 4.74 Å². The fraction of sp³-hybridized carbons (Fsp3) is 0.300. The molecule has 1 aliphatic carbocycles. The smallest absolute Gasteiger partial charge is 0.251 e. The number of carbonyl (C=O) groups excluding carboxylic acids is 2. The van der Waals surface area contributed by atoms with E-state index in [1.54, 1.807) is 12.0 Å². The van der Waals surface area contributed by atoms with Crippen LogP contribution in [0.2, 0.25) is 0 Å². The van der Waals surface area contributed by atoms with Gasteiger partial charge in [-0.2, -0.15) is 0 Å². The van der Waals surface area contributed by atoms with E-state index < -0.39 is 11.7 Å². The van der Waals surface area contributed by atoms with E-state index in [0.717, 1.165) is 30.2 Å². The third-order valence-electron chi connectivity index (χ3n) is 4.31. The standard InChI is InChI=1S/C20H21FN2O3/c1-26-18-9-5-14(6-10-18)13-23(17-7-8-17)19(24)12-22-20(25)15-3-2-4-16(21)11-15/h2-6,9-11,17H,7-8,12-13H2,1H3,(H,22,25). The van der Waals surface area contributed by atoms with Gasteiger partial charge in [0.1, 0.15) is 11.6 Å². The predicted molar refractivity (Wildman–Crippen MR) is 95.3 cm³/mol. The van der Waals surface area contributed by atoms with Crippen molar-refractivity contribution >= 4 is 11.8 Å². The van der Waals surface area contributed by atoms with Gasteiger partial charge < -0.3 is 15.0 Å². The summed E-state index contributed by atoms with van der Waals surface area (Å²) in [7, 11) is 1.61.